The number of nitriles is 1. The normalized spacial score (nSPS) is 17.7. The van der Waals surface area contributed by atoms with Crippen LogP contribution >= 0.6 is 0 Å². The maximum atomic E-state index is 12.5. The van der Waals surface area contributed by atoms with Crippen molar-refractivity contribution in [1.82, 2.24) is 14.9 Å². The van der Waals surface area contributed by atoms with Crippen LogP contribution in [-0.4, -0.2) is 45.7 Å². The SMILES string of the molecule is C=C1CN(c2nccc3ncc(C#N)cc23)C[C@@H](C)N1C(=O)OC(C)(C)C. The summed E-state index contributed by atoms with van der Waals surface area (Å²) in [7, 11) is 0. The van der Waals surface area contributed by atoms with Gasteiger partial charge in [0.05, 0.1) is 23.7 Å². The van der Waals surface area contributed by atoms with Crippen LogP contribution in [0.1, 0.15) is 33.3 Å². The molecule has 1 aliphatic heterocycles. The molecule has 1 saturated heterocycles. The highest BCUT2D eigenvalue weighted by molar-refractivity contribution is 5.90. The number of piperazine rings is 1. The molecule has 3 heterocycles. The fourth-order valence-corrected chi connectivity index (χ4v) is 3.20. The lowest BCUT2D eigenvalue weighted by Crippen LogP contribution is -2.53. The molecule has 140 valence electrons. The van der Waals surface area contributed by atoms with Crippen molar-refractivity contribution in [2.45, 2.75) is 39.3 Å². The molecule has 1 aliphatic rings. The molecule has 1 atom stereocenters. The van der Waals surface area contributed by atoms with Crippen LogP contribution in [0.5, 0.6) is 0 Å². The second-order valence-electron chi connectivity index (χ2n) is 7.68. The lowest BCUT2D eigenvalue weighted by atomic mass is 10.1. The lowest BCUT2D eigenvalue weighted by Gasteiger charge is -2.42. The molecule has 0 unspecified atom stereocenters. The number of aromatic nitrogens is 2. The number of nitrogens with zero attached hydrogens (tertiary/aromatic N) is 5. The van der Waals surface area contributed by atoms with Gasteiger partial charge < -0.3 is 9.64 Å². The highest BCUT2D eigenvalue weighted by Crippen LogP contribution is 2.29. The molecule has 7 nitrogen and oxygen atoms in total. The van der Waals surface area contributed by atoms with E-state index < -0.39 is 5.60 Å². The number of hydrogen-bond donors (Lipinski definition) is 0. The molecule has 3 rings (SSSR count). The first-order valence-electron chi connectivity index (χ1n) is 8.79. The Morgan fingerprint density at radius 2 is 2.15 bits per heavy atom. The van der Waals surface area contributed by atoms with Gasteiger partial charge in [0.25, 0.3) is 0 Å². The second-order valence-corrected chi connectivity index (χ2v) is 7.68. The Labute approximate surface area is 158 Å². The van der Waals surface area contributed by atoms with Crippen LogP contribution in [0, 0.1) is 11.3 Å². The average molecular weight is 365 g/mol. The third-order valence-corrected chi connectivity index (χ3v) is 4.25. The van der Waals surface area contributed by atoms with Gasteiger partial charge in [-0.3, -0.25) is 9.88 Å². The fourth-order valence-electron chi connectivity index (χ4n) is 3.20. The molecule has 0 N–H and O–H groups in total. The fraction of sp³-hybridized carbons (Fsp3) is 0.400. The summed E-state index contributed by atoms with van der Waals surface area (Å²) in [5.74, 6) is 0.730. The van der Waals surface area contributed by atoms with E-state index in [-0.39, 0.29) is 12.1 Å². The van der Waals surface area contributed by atoms with Gasteiger partial charge in [-0.2, -0.15) is 5.26 Å². The van der Waals surface area contributed by atoms with Crippen molar-refractivity contribution in [2.75, 3.05) is 18.0 Å². The first kappa shape index (κ1) is 18.6. The predicted octanol–water partition coefficient (Wildman–Crippen LogP) is 3.46. The van der Waals surface area contributed by atoms with Gasteiger partial charge >= 0.3 is 6.09 Å². The van der Waals surface area contributed by atoms with Crippen molar-refractivity contribution < 1.29 is 9.53 Å². The summed E-state index contributed by atoms with van der Waals surface area (Å²) in [6.07, 6.45) is 2.86. The summed E-state index contributed by atoms with van der Waals surface area (Å²) in [6.45, 7) is 12.6. The van der Waals surface area contributed by atoms with Crippen molar-refractivity contribution in [1.29, 1.82) is 5.26 Å². The molecule has 2 aromatic rings. The van der Waals surface area contributed by atoms with Gasteiger partial charge in [-0.05, 0) is 39.8 Å². The van der Waals surface area contributed by atoms with Crippen molar-refractivity contribution in [3.8, 4) is 6.07 Å². The number of pyridine rings is 2. The number of amides is 1. The molecule has 0 aromatic carbocycles. The summed E-state index contributed by atoms with van der Waals surface area (Å²) < 4.78 is 5.51. The molecule has 1 amide bonds. The summed E-state index contributed by atoms with van der Waals surface area (Å²) in [5.41, 5.74) is 1.33. The van der Waals surface area contributed by atoms with E-state index in [0.717, 1.165) is 16.7 Å². The first-order valence-corrected chi connectivity index (χ1v) is 8.79. The van der Waals surface area contributed by atoms with E-state index in [4.69, 9.17) is 4.74 Å². The van der Waals surface area contributed by atoms with Crippen LogP contribution in [0.4, 0.5) is 10.6 Å². The van der Waals surface area contributed by atoms with Gasteiger partial charge in [0.15, 0.2) is 0 Å². The topological polar surface area (TPSA) is 82.4 Å². The minimum absolute atomic E-state index is 0.134. The first-order chi connectivity index (χ1) is 12.7. The number of fused-ring (bicyclic) bond motifs is 1. The van der Waals surface area contributed by atoms with Gasteiger partial charge in [0.2, 0.25) is 0 Å². The molecule has 2 aromatic heterocycles. The number of anilines is 1. The highest BCUT2D eigenvalue weighted by Gasteiger charge is 2.34. The Morgan fingerprint density at radius 1 is 1.41 bits per heavy atom. The zero-order chi connectivity index (χ0) is 19.8. The Balaban J connectivity index is 1.90. The highest BCUT2D eigenvalue weighted by atomic mass is 16.6. The molecular formula is C20H23N5O2. The van der Waals surface area contributed by atoms with Crippen LogP contribution in [0.3, 0.4) is 0 Å². The Morgan fingerprint density at radius 3 is 2.78 bits per heavy atom. The maximum absolute atomic E-state index is 12.5. The predicted molar refractivity (Wildman–Crippen MR) is 103 cm³/mol. The van der Waals surface area contributed by atoms with E-state index in [1.165, 1.54) is 0 Å². The average Bonchev–Trinajstić information content (AvgIpc) is 2.58. The summed E-state index contributed by atoms with van der Waals surface area (Å²) in [6, 6.07) is 5.59. The molecule has 1 fully saturated rings. The molecule has 27 heavy (non-hydrogen) atoms. The zero-order valence-electron chi connectivity index (χ0n) is 16.1. The molecule has 0 saturated carbocycles. The Hall–Kier alpha value is -3.14. The third-order valence-electron chi connectivity index (χ3n) is 4.25. The van der Waals surface area contributed by atoms with Crippen LogP contribution in [0.15, 0.2) is 36.8 Å². The molecule has 7 heteroatoms. The second kappa shape index (κ2) is 6.88. The molecular weight excluding hydrogens is 342 g/mol. The summed E-state index contributed by atoms with van der Waals surface area (Å²) >= 11 is 0. The van der Waals surface area contributed by atoms with Crippen LogP contribution in [-0.2, 0) is 4.74 Å². The van der Waals surface area contributed by atoms with Gasteiger partial charge in [-0.1, -0.05) is 6.58 Å². The minimum atomic E-state index is -0.565. The van der Waals surface area contributed by atoms with E-state index in [2.05, 4.69) is 27.5 Å². The number of carbonyl (C=O) groups excluding carboxylic acids is 1. The Kier molecular flexibility index (Phi) is 4.75. The van der Waals surface area contributed by atoms with Crippen LogP contribution in [0.25, 0.3) is 10.9 Å². The number of hydrogen-bond acceptors (Lipinski definition) is 6. The van der Waals surface area contributed by atoms with Crippen molar-refractivity contribution in [2.24, 2.45) is 0 Å². The molecule has 0 radical (unpaired) electrons. The number of ether oxygens (including phenoxy) is 1. The largest absolute Gasteiger partial charge is 0.443 e. The van der Waals surface area contributed by atoms with Crippen molar-refractivity contribution in [3.63, 3.8) is 0 Å². The van der Waals surface area contributed by atoms with Crippen molar-refractivity contribution in [3.05, 3.63) is 42.4 Å². The van der Waals surface area contributed by atoms with Gasteiger partial charge in [-0.15, -0.1) is 0 Å². The standard InChI is InChI=1S/C20H23N5O2/c1-13-11-24(12-14(2)25(13)19(26)27-20(3,4)5)18-16-8-15(9-21)10-23-17(16)6-7-22-18/h6-8,10,14H,1,11-12H2,2-5H3/t14-/m1/s1. The van der Waals surface area contributed by atoms with Gasteiger partial charge in [0, 0.05) is 30.0 Å². The van der Waals surface area contributed by atoms with E-state index in [1.807, 2.05) is 33.8 Å². The summed E-state index contributed by atoms with van der Waals surface area (Å²) in [5, 5.41) is 9.98. The quantitative estimate of drug-likeness (QED) is 0.770. The van der Waals surface area contributed by atoms with Crippen LogP contribution < -0.4 is 4.90 Å². The number of carbonyl (C=O) groups is 1. The third kappa shape index (κ3) is 3.85. The number of rotatable bonds is 1. The Bertz CT molecular complexity index is 942. The molecule has 0 spiro atoms. The van der Waals surface area contributed by atoms with E-state index >= 15 is 0 Å². The monoisotopic (exact) mass is 365 g/mol. The van der Waals surface area contributed by atoms with Gasteiger partial charge in [0.1, 0.15) is 17.5 Å². The summed E-state index contributed by atoms with van der Waals surface area (Å²) in [4.78, 5) is 25.0. The van der Waals surface area contributed by atoms with E-state index in [1.54, 1.807) is 23.4 Å². The lowest BCUT2D eigenvalue weighted by molar-refractivity contribution is 0.0238. The maximum Gasteiger partial charge on any atom is 0.414 e. The molecule has 0 aliphatic carbocycles. The van der Waals surface area contributed by atoms with Crippen LogP contribution in [0.2, 0.25) is 0 Å². The zero-order valence-corrected chi connectivity index (χ0v) is 16.1. The molecule has 0 bridgehead atoms. The van der Waals surface area contributed by atoms with E-state index in [9.17, 15) is 10.1 Å². The minimum Gasteiger partial charge on any atom is -0.443 e. The van der Waals surface area contributed by atoms with Gasteiger partial charge in [-0.25, -0.2) is 9.78 Å². The van der Waals surface area contributed by atoms with E-state index in [0.29, 0.717) is 24.4 Å². The van der Waals surface area contributed by atoms with Crippen molar-refractivity contribution >= 4 is 22.8 Å². The smallest absolute Gasteiger partial charge is 0.414 e.